The predicted molar refractivity (Wildman–Crippen MR) is 56.5 cm³/mol. The average Bonchev–Trinajstić information content (AvgIpc) is 2.51. The zero-order chi connectivity index (χ0) is 10.1. The molecule has 0 amide bonds. The Morgan fingerprint density at radius 3 is 2.54 bits per heavy atom. The molecule has 0 aromatic carbocycles. The van der Waals surface area contributed by atoms with Gasteiger partial charge in [0.2, 0.25) is 0 Å². The maximum absolute atomic E-state index is 9.44. The van der Waals surface area contributed by atoms with E-state index in [1.165, 1.54) is 13.8 Å². The van der Waals surface area contributed by atoms with E-state index in [0.29, 0.717) is 0 Å². The summed E-state index contributed by atoms with van der Waals surface area (Å²) in [4.78, 5) is 9.44. The molecule has 0 unspecified atom stereocenters. The SMILES string of the molecule is CC(C)=O.CCCOc1cccs1. The molecule has 0 N–H and O–H groups in total. The lowest BCUT2D eigenvalue weighted by Gasteiger charge is -1.97. The highest BCUT2D eigenvalue weighted by Crippen LogP contribution is 2.17. The zero-order valence-electron chi connectivity index (χ0n) is 8.37. The van der Waals surface area contributed by atoms with Crippen LogP contribution >= 0.6 is 11.3 Å². The van der Waals surface area contributed by atoms with Crippen LogP contribution in [0.5, 0.6) is 5.06 Å². The molecule has 0 aliphatic heterocycles. The van der Waals surface area contributed by atoms with Gasteiger partial charge in [-0.15, -0.1) is 11.3 Å². The quantitative estimate of drug-likeness (QED) is 0.749. The van der Waals surface area contributed by atoms with E-state index in [-0.39, 0.29) is 5.78 Å². The second-order valence-corrected chi connectivity index (χ2v) is 3.60. The fourth-order valence-corrected chi connectivity index (χ4v) is 1.15. The molecule has 3 heteroatoms. The van der Waals surface area contributed by atoms with Crippen LogP contribution in [0, 0.1) is 0 Å². The number of ketones is 1. The first-order valence-electron chi connectivity index (χ1n) is 4.30. The Labute approximate surface area is 83.5 Å². The zero-order valence-corrected chi connectivity index (χ0v) is 9.19. The highest BCUT2D eigenvalue weighted by molar-refractivity contribution is 7.11. The number of carbonyl (C=O) groups is 1. The predicted octanol–water partition coefficient (Wildman–Crippen LogP) is 3.13. The van der Waals surface area contributed by atoms with Gasteiger partial charge in [0.05, 0.1) is 6.61 Å². The monoisotopic (exact) mass is 200 g/mol. The van der Waals surface area contributed by atoms with Crippen molar-refractivity contribution >= 4 is 17.1 Å². The van der Waals surface area contributed by atoms with Gasteiger partial charge in [0, 0.05) is 0 Å². The molecule has 0 saturated carbocycles. The summed E-state index contributed by atoms with van der Waals surface area (Å²) >= 11 is 1.64. The van der Waals surface area contributed by atoms with E-state index in [2.05, 4.69) is 6.92 Å². The van der Waals surface area contributed by atoms with Crippen molar-refractivity contribution in [1.29, 1.82) is 0 Å². The Kier molecular flexibility index (Phi) is 7.30. The van der Waals surface area contributed by atoms with Gasteiger partial charge in [0.25, 0.3) is 0 Å². The molecule has 0 fully saturated rings. The number of hydrogen-bond acceptors (Lipinski definition) is 3. The Morgan fingerprint density at radius 1 is 1.54 bits per heavy atom. The maximum Gasteiger partial charge on any atom is 0.173 e. The topological polar surface area (TPSA) is 26.3 Å². The van der Waals surface area contributed by atoms with Crippen molar-refractivity contribution < 1.29 is 9.53 Å². The van der Waals surface area contributed by atoms with Gasteiger partial charge in [-0.3, -0.25) is 0 Å². The van der Waals surface area contributed by atoms with Crippen LogP contribution in [0.25, 0.3) is 0 Å². The summed E-state index contributed by atoms with van der Waals surface area (Å²) in [6.45, 7) is 5.99. The molecule has 13 heavy (non-hydrogen) atoms. The van der Waals surface area contributed by atoms with E-state index in [4.69, 9.17) is 4.74 Å². The third-order valence-electron chi connectivity index (χ3n) is 0.944. The summed E-state index contributed by atoms with van der Waals surface area (Å²) in [5, 5.41) is 3.04. The standard InChI is InChI=1S/C7H10OS.C3H6O/c1-2-5-8-7-4-3-6-9-7;1-3(2)4/h3-4,6H,2,5H2,1H3;1-2H3. The van der Waals surface area contributed by atoms with Gasteiger partial charge < -0.3 is 9.53 Å². The molecule has 0 radical (unpaired) electrons. The van der Waals surface area contributed by atoms with E-state index in [9.17, 15) is 4.79 Å². The lowest BCUT2D eigenvalue weighted by molar-refractivity contribution is -0.114. The summed E-state index contributed by atoms with van der Waals surface area (Å²) in [6.07, 6.45) is 1.08. The number of thiophene rings is 1. The molecule has 1 aromatic heterocycles. The molecule has 1 rings (SSSR count). The van der Waals surface area contributed by atoms with E-state index in [1.807, 2.05) is 17.5 Å². The minimum Gasteiger partial charge on any atom is -0.484 e. The highest BCUT2D eigenvalue weighted by atomic mass is 32.1. The number of rotatable bonds is 3. The van der Waals surface area contributed by atoms with Crippen LogP contribution in [0.4, 0.5) is 0 Å². The highest BCUT2D eigenvalue weighted by Gasteiger charge is 1.88. The second-order valence-electron chi connectivity index (χ2n) is 2.69. The summed E-state index contributed by atoms with van der Waals surface area (Å²) in [6, 6.07) is 3.98. The molecule has 0 atom stereocenters. The summed E-state index contributed by atoms with van der Waals surface area (Å²) < 4.78 is 5.31. The number of hydrogen-bond donors (Lipinski definition) is 0. The number of carbonyl (C=O) groups excluding carboxylic acids is 1. The van der Waals surface area contributed by atoms with Crippen LogP contribution in [0.3, 0.4) is 0 Å². The lowest BCUT2D eigenvalue weighted by Crippen LogP contribution is -1.91. The van der Waals surface area contributed by atoms with Crippen LogP contribution in [0.2, 0.25) is 0 Å². The van der Waals surface area contributed by atoms with Crippen molar-refractivity contribution in [1.82, 2.24) is 0 Å². The van der Waals surface area contributed by atoms with Crippen molar-refractivity contribution in [3.8, 4) is 5.06 Å². The van der Waals surface area contributed by atoms with Crippen molar-refractivity contribution in [3.05, 3.63) is 17.5 Å². The van der Waals surface area contributed by atoms with Gasteiger partial charge in [-0.2, -0.15) is 0 Å². The lowest BCUT2D eigenvalue weighted by atomic mass is 10.5. The maximum atomic E-state index is 9.44. The first-order chi connectivity index (χ1) is 6.16. The molecule has 74 valence electrons. The molecule has 1 aromatic rings. The first kappa shape index (κ1) is 12.2. The van der Waals surface area contributed by atoms with Crippen LogP contribution in [0.15, 0.2) is 17.5 Å². The largest absolute Gasteiger partial charge is 0.484 e. The van der Waals surface area contributed by atoms with Gasteiger partial charge in [0.15, 0.2) is 5.06 Å². The minimum absolute atomic E-state index is 0.167. The van der Waals surface area contributed by atoms with Gasteiger partial charge >= 0.3 is 0 Å². The third-order valence-corrected chi connectivity index (χ3v) is 1.72. The van der Waals surface area contributed by atoms with Crippen molar-refractivity contribution in [2.45, 2.75) is 27.2 Å². The minimum atomic E-state index is 0.167. The summed E-state index contributed by atoms with van der Waals surface area (Å²) in [5.74, 6) is 0.167. The third kappa shape index (κ3) is 9.08. The molecule has 0 aliphatic rings. The normalized spacial score (nSPS) is 8.54. The summed E-state index contributed by atoms with van der Waals surface area (Å²) in [5.41, 5.74) is 0. The Bertz CT molecular complexity index is 213. The van der Waals surface area contributed by atoms with E-state index >= 15 is 0 Å². The molecular weight excluding hydrogens is 184 g/mol. The Morgan fingerprint density at radius 2 is 2.15 bits per heavy atom. The van der Waals surface area contributed by atoms with Gasteiger partial charge in [0.1, 0.15) is 5.78 Å². The molecule has 0 spiro atoms. The first-order valence-corrected chi connectivity index (χ1v) is 5.18. The van der Waals surface area contributed by atoms with Gasteiger partial charge in [-0.25, -0.2) is 0 Å². The van der Waals surface area contributed by atoms with Crippen LogP contribution in [-0.4, -0.2) is 12.4 Å². The van der Waals surface area contributed by atoms with Gasteiger partial charge in [-0.05, 0) is 37.8 Å². The van der Waals surface area contributed by atoms with Crippen molar-refractivity contribution in [2.24, 2.45) is 0 Å². The van der Waals surface area contributed by atoms with E-state index in [1.54, 1.807) is 11.3 Å². The molecule has 0 saturated heterocycles. The number of ether oxygens (including phenoxy) is 1. The fourth-order valence-electron chi connectivity index (χ4n) is 0.548. The number of Topliss-reactive ketones (excluding diaryl/α,β-unsaturated/α-hetero) is 1. The molecule has 1 heterocycles. The van der Waals surface area contributed by atoms with Crippen LogP contribution in [0.1, 0.15) is 27.2 Å². The molecule has 2 nitrogen and oxygen atoms in total. The van der Waals surface area contributed by atoms with Crippen molar-refractivity contribution in [3.63, 3.8) is 0 Å². The van der Waals surface area contributed by atoms with Crippen LogP contribution < -0.4 is 4.74 Å². The molecule has 0 aliphatic carbocycles. The summed E-state index contributed by atoms with van der Waals surface area (Å²) in [7, 11) is 0. The van der Waals surface area contributed by atoms with Crippen LogP contribution in [-0.2, 0) is 4.79 Å². The second kappa shape index (κ2) is 7.80. The van der Waals surface area contributed by atoms with Crippen molar-refractivity contribution in [2.75, 3.05) is 6.61 Å². The van der Waals surface area contributed by atoms with E-state index in [0.717, 1.165) is 18.1 Å². The van der Waals surface area contributed by atoms with E-state index < -0.39 is 0 Å². The Hall–Kier alpha value is -0.830. The smallest absolute Gasteiger partial charge is 0.173 e. The van der Waals surface area contributed by atoms with Gasteiger partial charge in [-0.1, -0.05) is 6.92 Å². The fraction of sp³-hybridized carbons (Fsp3) is 0.500. The molecule has 0 bridgehead atoms. The Balaban J connectivity index is 0.000000310. The average molecular weight is 200 g/mol. The molecular formula is C10H16O2S.